The maximum absolute atomic E-state index is 10.3. The lowest BCUT2D eigenvalue weighted by atomic mass is 10.0. The molecule has 60 valence electrons. The first-order valence-electron chi connectivity index (χ1n) is 3.75. The van der Waals surface area contributed by atoms with E-state index in [0.717, 1.165) is 12.7 Å². The minimum atomic E-state index is 0.0960. The smallest absolute Gasteiger partial charge is 0.127 e. The molecule has 11 heavy (non-hydrogen) atoms. The van der Waals surface area contributed by atoms with E-state index in [9.17, 15) is 4.79 Å². The fourth-order valence-corrected chi connectivity index (χ4v) is 1.06. The Morgan fingerprint density at radius 3 is 2.73 bits per heavy atom. The third-order valence-electron chi connectivity index (χ3n) is 1.80. The molecule has 0 radical (unpaired) electrons. The van der Waals surface area contributed by atoms with Gasteiger partial charge in [0, 0.05) is 25.7 Å². The molecule has 0 fully saturated rings. The summed E-state index contributed by atoms with van der Waals surface area (Å²) in [6, 6.07) is 0. The zero-order valence-electron chi connectivity index (χ0n) is 6.95. The SMILES string of the molecule is CN(C)C1=CCC(C=O)C=C1. The average Bonchev–Trinajstić information content (AvgIpc) is 2.05. The average molecular weight is 151 g/mol. The van der Waals surface area contributed by atoms with Crippen LogP contribution in [0.15, 0.2) is 23.9 Å². The topological polar surface area (TPSA) is 20.3 Å². The Labute approximate surface area is 67.2 Å². The van der Waals surface area contributed by atoms with Gasteiger partial charge >= 0.3 is 0 Å². The Balaban J connectivity index is 2.59. The molecule has 2 nitrogen and oxygen atoms in total. The lowest BCUT2D eigenvalue weighted by Crippen LogP contribution is -2.12. The number of aldehydes is 1. The first-order chi connectivity index (χ1) is 5.24. The zero-order valence-corrected chi connectivity index (χ0v) is 6.95. The molecule has 0 aliphatic heterocycles. The number of likely N-dealkylation sites (N-methyl/N-ethyl adjacent to an activating group) is 1. The van der Waals surface area contributed by atoms with E-state index in [1.54, 1.807) is 0 Å². The number of allylic oxidation sites excluding steroid dienone is 3. The maximum Gasteiger partial charge on any atom is 0.127 e. The summed E-state index contributed by atoms with van der Waals surface area (Å²) in [4.78, 5) is 12.4. The van der Waals surface area contributed by atoms with Gasteiger partial charge in [-0.05, 0) is 12.5 Å². The van der Waals surface area contributed by atoms with Crippen LogP contribution in [0, 0.1) is 5.92 Å². The van der Waals surface area contributed by atoms with Crippen molar-refractivity contribution < 1.29 is 4.79 Å². The minimum absolute atomic E-state index is 0.0960. The van der Waals surface area contributed by atoms with E-state index in [1.165, 1.54) is 5.70 Å². The first kappa shape index (κ1) is 8.05. The van der Waals surface area contributed by atoms with Crippen molar-refractivity contribution in [1.29, 1.82) is 0 Å². The molecule has 0 amide bonds. The van der Waals surface area contributed by atoms with Gasteiger partial charge in [0.15, 0.2) is 0 Å². The minimum Gasteiger partial charge on any atom is -0.378 e. The van der Waals surface area contributed by atoms with Crippen LogP contribution < -0.4 is 0 Å². The second kappa shape index (κ2) is 3.37. The molecule has 1 rings (SSSR count). The third kappa shape index (κ3) is 1.93. The highest BCUT2D eigenvalue weighted by atomic mass is 16.1. The molecule has 0 N–H and O–H groups in total. The lowest BCUT2D eigenvalue weighted by molar-refractivity contribution is -0.109. The quantitative estimate of drug-likeness (QED) is 0.553. The van der Waals surface area contributed by atoms with Crippen molar-refractivity contribution in [3.8, 4) is 0 Å². The summed E-state index contributed by atoms with van der Waals surface area (Å²) in [6.45, 7) is 0. The predicted molar refractivity (Wildman–Crippen MR) is 45.1 cm³/mol. The van der Waals surface area contributed by atoms with E-state index in [2.05, 4.69) is 6.08 Å². The second-order valence-corrected chi connectivity index (χ2v) is 2.92. The van der Waals surface area contributed by atoms with Crippen molar-refractivity contribution in [3.05, 3.63) is 23.9 Å². The number of nitrogens with zero attached hydrogens (tertiary/aromatic N) is 1. The van der Waals surface area contributed by atoms with E-state index in [4.69, 9.17) is 0 Å². The lowest BCUT2D eigenvalue weighted by Gasteiger charge is -2.17. The molecule has 1 unspecified atom stereocenters. The number of carbonyl (C=O) groups is 1. The Morgan fingerprint density at radius 1 is 1.64 bits per heavy atom. The third-order valence-corrected chi connectivity index (χ3v) is 1.80. The van der Waals surface area contributed by atoms with Gasteiger partial charge in [-0.3, -0.25) is 0 Å². The van der Waals surface area contributed by atoms with Gasteiger partial charge in [0.25, 0.3) is 0 Å². The number of hydrogen-bond donors (Lipinski definition) is 0. The van der Waals surface area contributed by atoms with Crippen LogP contribution in [-0.4, -0.2) is 25.3 Å². The van der Waals surface area contributed by atoms with Crippen LogP contribution >= 0.6 is 0 Å². The molecule has 0 saturated carbocycles. The summed E-state index contributed by atoms with van der Waals surface area (Å²) in [5, 5.41) is 0. The van der Waals surface area contributed by atoms with Crippen LogP contribution in [0.5, 0.6) is 0 Å². The zero-order chi connectivity index (χ0) is 8.27. The Kier molecular flexibility index (Phi) is 2.47. The molecule has 0 bridgehead atoms. The number of rotatable bonds is 2. The largest absolute Gasteiger partial charge is 0.378 e. The van der Waals surface area contributed by atoms with Gasteiger partial charge in [0.05, 0.1) is 0 Å². The van der Waals surface area contributed by atoms with Crippen molar-refractivity contribution in [3.63, 3.8) is 0 Å². The summed E-state index contributed by atoms with van der Waals surface area (Å²) >= 11 is 0. The molecule has 0 heterocycles. The van der Waals surface area contributed by atoms with Crippen LogP contribution in [0.3, 0.4) is 0 Å². The normalized spacial score (nSPS) is 22.7. The highest BCUT2D eigenvalue weighted by Gasteiger charge is 2.07. The van der Waals surface area contributed by atoms with Crippen molar-refractivity contribution in [1.82, 2.24) is 4.90 Å². The summed E-state index contributed by atoms with van der Waals surface area (Å²) in [6.07, 6.45) is 7.84. The van der Waals surface area contributed by atoms with E-state index >= 15 is 0 Å². The molecule has 0 spiro atoms. The van der Waals surface area contributed by atoms with Gasteiger partial charge in [0.2, 0.25) is 0 Å². The summed E-state index contributed by atoms with van der Waals surface area (Å²) in [5.41, 5.74) is 1.18. The highest BCUT2D eigenvalue weighted by molar-refractivity contribution is 5.58. The Hall–Kier alpha value is -1.05. The molecule has 1 atom stereocenters. The monoisotopic (exact) mass is 151 g/mol. The van der Waals surface area contributed by atoms with Gasteiger partial charge in [-0.1, -0.05) is 12.2 Å². The van der Waals surface area contributed by atoms with Gasteiger partial charge in [-0.15, -0.1) is 0 Å². The Morgan fingerprint density at radius 2 is 2.36 bits per heavy atom. The summed E-state index contributed by atoms with van der Waals surface area (Å²) < 4.78 is 0. The van der Waals surface area contributed by atoms with Gasteiger partial charge < -0.3 is 9.69 Å². The van der Waals surface area contributed by atoms with E-state index in [0.29, 0.717) is 0 Å². The molecule has 0 aromatic carbocycles. The fraction of sp³-hybridized carbons (Fsp3) is 0.444. The van der Waals surface area contributed by atoms with E-state index in [-0.39, 0.29) is 5.92 Å². The number of carbonyl (C=O) groups excluding carboxylic acids is 1. The van der Waals surface area contributed by atoms with Crippen molar-refractivity contribution in [2.75, 3.05) is 14.1 Å². The van der Waals surface area contributed by atoms with Crippen molar-refractivity contribution >= 4 is 6.29 Å². The molecular weight excluding hydrogens is 138 g/mol. The van der Waals surface area contributed by atoms with Crippen LogP contribution in [0.4, 0.5) is 0 Å². The summed E-state index contributed by atoms with van der Waals surface area (Å²) in [7, 11) is 3.99. The highest BCUT2D eigenvalue weighted by Crippen LogP contribution is 2.15. The first-order valence-corrected chi connectivity index (χ1v) is 3.75. The molecule has 0 saturated heterocycles. The van der Waals surface area contributed by atoms with Gasteiger partial charge in [-0.25, -0.2) is 0 Å². The summed E-state index contributed by atoms with van der Waals surface area (Å²) in [5.74, 6) is 0.0960. The Bertz CT molecular complexity index is 204. The fourth-order valence-electron chi connectivity index (χ4n) is 1.06. The maximum atomic E-state index is 10.3. The molecule has 0 aromatic rings. The molecule has 2 heteroatoms. The van der Waals surface area contributed by atoms with Crippen LogP contribution in [-0.2, 0) is 4.79 Å². The van der Waals surface area contributed by atoms with E-state index < -0.39 is 0 Å². The second-order valence-electron chi connectivity index (χ2n) is 2.92. The molecule has 0 aromatic heterocycles. The standard InChI is InChI=1S/C9H13NO/c1-10(2)9-5-3-8(7-11)4-6-9/h3,5-8H,4H2,1-2H3. The molecular formula is C9H13NO. The predicted octanol–water partition coefficient (Wildman–Crippen LogP) is 1.21. The van der Waals surface area contributed by atoms with Crippen molar-refractivity contribution in [2.24, 2.45) is 5.92 Å². The van der Waals surface area contributed by atoms with Crippen LogP contribution in [0.25, 0.3) is 0 Å². The molecule has 1 aliphatic carbocycles. The van der Waals surface area contributed by atoms with Gasteiger partial charge in [0.1, 0.15) is 6.29 Å². The van der Waals surface area contributed by atoms with Gasteiger partial charge in [-0.2, -0.15) is 0 Å². The number of hydrogen-bond acceptors (Lipinski definition) is 2. The van der Waals surface area contributed by atoms with Crippen LogP contribution in [0.1, 0.15) is 6.42 Å². The van der Waals surface area contributed by atoms with E-state index in [1.807, 2.05) is 31.1 Å². The van der Waals surface area contributed by atoms with Crippen molar-refractivity contribution in [2.45, 2.75) is 6.42 Å². The molecule has 1 aliphatic rings. The van der Waals surface area contributed by atoms with Crippen LogP contribution in [0.2, 0.25) is 0 Å².